The lowest BCUT2D eigenvalue weighted by molar-refractivity contribution is 0.720. The predicted octanol–water partition coefficient (Wildman–Crippen LogP) is 2.56. The lowest BCUT2D eigenvalue weighted by Gasteiger charge is -2.01. The minimum Gasteiger partial charge on any atom is -0.331 e. The summed E-state index contributed by atoms with van der Waals surface area (Å²) in [4.78, 5) is 7.45. The van der Waals surface area contributed by atoms with Crippen LogP contribution in [0.15, 0.2) is 42.9 Å². The highest BCUT2D eigenvalue weighted by Gasteiger charge is 2.26. The molecule has 0 aliphatic heterocycles. The summed E-state index contributed by atoms with van der Waals surface area (Å²) >= 11 is 0. The first-order chi connectivity index (χ1) is 7.81. The van der Waals surface area contributed by atoms with Crippen LogP contribution in [0.1, 0.15) is 17.3 Å². The quantitative estimate of drug-likeness (QED) is 0.735. The molecule has 0 spiro atoms. The Hall–Kier alpha value is -2.15. The molecule has 0 aliphatic rings. The third-order valence-electron chi connectivity index (χ3n) is 2.61. The van der Waals surface area contributed by atoms with Crippen molar-refractivity contribution in [3.63, 3.8) is 0 Å². The minimum atomic E-state index is -0.255. The first-order valence-electron chi connectivity index (χ1n) is 5.15. The maximum Gasteiger partial charge on any atom is 0.359 e. The number of nitrogens with zero attached hydrogens (tertiary/aromatic N) is 4. The average Bonchev–Trinajstić information content (AvgIpc) is 2.74. The molecule has 1 aromatic heterocycles. The van der Waals surface area contributed by atoms with Gasteiger partial charge in [-0.2, -0.15) is 0 Å². The van der Waals surface area contributed by atoms with Crippen molar-refractivity contribution < 1.29 is 0 Å². The maximum atomic E-state index is 9.07. The van der Waals surface area contributed by atoms with Gasteiger partial charge >= 0.3 is 6.04 Å². The van der Waals surface area contributed by atoms with E-state index < -0.39 is 0 Å². The average molecular weight is 213 g/mol. The van der Waals surface area contributed by atoms with Gasteiger partial charge in [-0.1, -0.05) is 30.3 Å². The molecular formula is C12H13N4+. The van der Waals surface area contributed by atoms with Gasteiger partial charge in [0, 0.05) is 7.05 Å². The highest BCUT2D eigenvalue weighted by molar-refractivity contribution is 5.20. The molecule has 4 nitrogen and oxygen atoms in total. The fourth-order valence-electron chi connectivity index (χ4n) is 1.73. The van der Waals surface area contributed by atoms with Crippen LogP contribution in [0, 0.1) is 5.39 Å². The number of imidazole rings is 1. The van der Waals surface area contributed by atoms with Gasteiger partial charge in [-0.25, -0.2) is 4.98 Å². The molecule has 0 saturated heterocycles. The van der Waals surface area contributed by atoms with Gasteiger partial charge in [0.2, 0.25) is 5.39 Å². The van der Waals surface area contributed by atoms with Gasteiger partial charge in [0.25, 0.3) is 0 Å². The molecular weight excluding hydrogens is 200 g/mol. The van der Waals surface area contributed by atoms with Crippen LogP contribution < -0.4 is 0 Å². The number of benzene rings is 1. The van der Waals surface area contributed by atoms with Gasteiger partial charge < -0.3 is 4.57 Å². The third kappa shape index (κ3) is 2.09. The van der Waals surface area contributed by atoms with E-state index in [9.17, 15) is 0 Å². The smallest absolute Gasteiger partial charge is 0.331 e. The molecule has 16 heavy (non-hydrogen) atoms. The Labute approximate surface area is 94.2 Å². The fraction of sp³-hybridized carbons (Fsp3) is 0.250. The molecule has 4 heteroatoms. The molecule has 0 fully saturated rings. The summed E-state index contributed by atoms with van der Waals surface area (Å²) in [7, 11) is 1.89. The van der Waals surface area contributed by atoms with Crippen molar-refractivity contribution in [2.45, 2.75) is 12.5 Å². The number of hydrogen-bond donors (Lipinski definition) is 0. The van der Waals surface area contributed by atoms with Gasteiger partial charge in [0.05, 0.1) is 18.9 Å². The van der Waals surface area contributed by atoms with E-state index in [2.05, 4.69) is 9.96 Å². The van der Waals surface area contributed by atoms with E-state index in [4.69, 9.17) is 5.39 Å². The largest absolute Gasteiger partial charge is 0.359 e. The molecule has 0 bridgehead atoms. The molecule has 0 saturated carbocycles. The SMILES string of the molecule is Cn1cncc1C(Cc1ccccc1)[N+]#N. The fourth-order valence-corrected chi connectivity index (χ4v) is 1.73. The predicted molar refractivity (Wildman–Crippen MR) is 61.2 cm³/mol. The maximum absolute atomic E-state index is 9.07. The second kappa shape index (κ2) is 4.58. The Morgan fingerprint density at radius 3 is 2.69 bits per heavy atom. The van der Waals surface area contributed by atoms with E-state index in [1.807, 2.05) is 41.9 Å². The summed E-state index contributed by atoms with van der Waals surface area (Å²) < 4.78 is 1.87. The van der Waals surface area contributed by atoms with Crippen LogP contribution in [-0.4, -0.2) is 9.55 Å². The first-order valence-corrected chi connectivity index (χ1v) is 5.15. The minimum absolute atomic E-state index is 0.255. The lowest BCUT2D eigenvalue weighted by atomic mass is 10.0. The molecule has 1 atom stereocenters. The first kappa shape index (κ1) is 10.4. The molecule has 2 aromatic rings. The highest BCUT2D eigenvalue weighted by atomic mass is 15.1. The second-order valence-corrected chi connectivity index (χ2v) is 3.75. The Morgan fingerprint density at radius 2 is 2.12 bits per heavy atom. The van der Waals surface area contributed by atoms with E-state index in [1.54, 1.807) is 12.5 Å². The van der Waals surface area contributed by atoms with Crippen molar-refractivity contribution in [2.75, 3.05) is 0 Å². The van der Waals surface area contributed by atoms with Crippen LogP contribution in [0.25, 0.3) is 4.98 Å². The Kier molecular flexibility index (Phi) is 2.97. The molecule has 1 heterocycles. The van der Waals surface area contributed by atoms with E-state index in [-0.39, 0.29) is 6.04 Å². The van der Waals surface area contributed by atoms with Gasteiger partial charge in [0.1, 0.15) is 10.7 Å². The van der Waals surface area contributed by atoms with Gasteiger partial charge in [-0.15, -0.1) is 0 Å². The number of rotatable bonds is 3. The van der Waals surface area contributed by atoms with Crippen LogP contribution in [-0.2, 0) is 13.5 Å². The lowest BCUT2D eigenvalue weighted by Crippen LogP contribution is -2.03. The molecule has 80 valence electrons. The normalized spacial score (nSPS) is 12.0. The Bertz CT molecular complexity index is 495. The van der Waals surface area contributed by atoms with Crippen LogP contribution in [0.4, 0.5) is 0 Å². The second-order valence-electron chi connectivity index (χ2n) is 3.75. The summed E-state index contributed by atoms with van der Waals surface area (Å²) in [6.07, 6.45) is 4.11. The molecule has 0 amide bonds. The monoisotopic (exact) mass is 213 g/mol. The molecule has 0 aliphatic carbocycles. The van der Waals surface area contributed by atoms with E-state index in [0.29, 0.717) is 6.42 Å². The van der Waals surface area contributed by atoms with Gasteiger partial charge in [0.15, 0.2) is 0 Å². The summed E-state index contributed by atoms with van der Waals surface area (Å²) in [5, 5.41) is 9.07. The van der Waals surface area contributed by atoms with Crippen molar-refractivity contribution in [1.29, 1.82) is 5.39 Å². The molecule has 1 aromatic carbocycles. The Morgan fingerprint density at radius 1 is 1.38 bits per heavy atom. The Balaban J connectivity index is 2.20. The van der Waals surface area contributed by atoms with Crippen LogP contribution >= 0.6 is 0 Å². The summed E-state index contributed by atoms with van der Waals surface area (Å²) in [5.41, 5.74) is 2.05. The zero-order valence-electron chi connectivity index (χ0n) is 9.11. The van der Waals surface area contributed by atoms with Crippen molar-refractivity contribution >= 4 is 0 Å². The summed E-state index contributed by atoms with van der Waals surface area (Å²) in [5.74, 6) is 0. The van der Waals surface area contributed by atoms with E-state index in [1.165, 1.54) is 0 Å². The van der Waals surface area contributed by atoms with Crippen LogP contribution in [0.2, 0.25) is 0 Å². The standard InChI is InChI=1S/C12H13N4/c1-16-9-14-8-12(16)11(15-13)7-10-5-3-2-4-6-10/h2-6,8-9,11H,7H2,1H3/q+1. The van der Waals surface area contributed by atoms with Crippen LogP contribution in [0.5, 0.6) is 0 Å². The number of diazo groups is 1. The van der Waals surface area contributed by atoms with Gasteiger partial charge in [-0.3, -0.25) is 0 Å². The van der Waals surface area contributed by atoms with Crippen molar-refractivity contribution in [3.8, 4) is 0 Å². The molecule has 0 radical (unpaired) electrons. The number of aromatic nitrogens is 2. The molecule has 0 N–H and O–H groups in total. The molecule has 2 rings (SSSR count). The van der Waals surface area contributed by atoms with E-state index in [0.717, 1.165) is 11.3 Å². The van der Waals surface area contributed by atoms with Crippen molar-refractivity contribution in [2.24, 2.45) is 7.05 Å². The van der Waals surface area contributed by atoms with Gasteiger partial charge in [-0.05, 0) is 5.56 Å². The number of hydrogen-bond acceptors (Lipinski definition) is 2. The topological polar surface area (TPSA) is 46.0 Å². The molecule has 1 unspecified atom stereocenters. The third-order valence-corrected chi connectivity index (χ3v) is 2.61. The summed E-state index contributed by atoms with van der Waals surface area (Å²) in [6.45, 7) is 0. The zero-order valence-corrected chi connectivity index (χ0v) is 9.11. The zero-order chi connectivity index (χ0) is 11.4. The number of aryl methyl sites for hydroxylation is 1. The van der Waals surface area contributed by atoms with E-state index >= 15 is 0 Å². The summed E-state index contributed by atoms with van der Waals surface area (Å²) in [6, 6.07) is 9.72. The van der Waals surface area contributed by atoms with Crippen molar-refractivity contribution in [1.82, 2.24) is 9.55 Å². The van der Waals surface area contributed by atoms with Crippen molar-refractivity contribution in [3.05, 3.63) is 59.1 Å². The van der Waals surface area contributed by atoms with Crippen LogP contribution in [0.3, 0.4) is 0 Å². The highest BCUT2D eigenvalue weighted by Crippen LogP contribution is 2.21.